The number of unbranched alkanes of at least 4 members (excludes halogenated alkanes) is 1. The Morgan fingerprint density at radius 1 is 1.31 bits per heavy atom. The predicted octanol–water partition coefficient (Wildman–Crippen LogP) is 3.21. The van der Waals surface area contributed by atoms with Crippen molar-refractivity contribution in [1.82, 2.24) is 0 Å². The minimum absolute atomic E-state index is 0.676. The number of benzene rings is 1. The van der Waals surface area contributed by atoms with E-state index in [0.717, 1.165) is 18.1 Å². The molecule has 0 aliphatic rings. The molecule has 0 aliphatic carbocycles. The van der Waals surface area contributed by atoms with Gasteiger partial charge < -0.3 is 10.6 Å². The van der Waals surface area contributed by atoms with E-state index in [9.17, 15) is 0 Å². The van der Waals surface area contributed by atoms with Gasteiger partial charge in [-0.2, -0.15) is 0 Å². The molecule has 1 rings (SSSR count). The summed E-state index contributed by atoms with van der Waals surface area (Å²) in [6.07, 6.45) is 2.38. The molecule has 0 bridgehead atoms. The first kappa shape index (κ1) is 13.3. The van der Waals surface area contributed by atoms with E-state index in [4.69, 9.17) is 17.3 Å². The number of hydrogen-bond acceptors (Lipinski definition) is 2. The monoisotopic (exact) mass is 240 g/mol. The molecule has 90 valence electrons. The Labute approximate surface area is 103 Å². The Morgan fingerprint density at radius 2 is 2.06 bits per heavy atom. The van der Waals surface area contributed by atoms with Gasteiger partial charge in [0.25, 0.3) is 0 Å². The third-order valence-corrected chi connectivity index (χ3v) is 2.93. The van der Waals surface area contributed by atoms with Gasteiger partial charge in [-0.25, -0.2) is 0 Å². The van der Waals surface area contributed by atoms with Gasteiger partial charge in [-0.15, -0.1) is 0 Å². The highest BCUT2D eigenvalue weighted by Gasteiger charge is 2.08. The van der Waals surface area contributed by atoms with Crippen LogP contribution < -0.4 is 10.6 Å². The summed E-state index contributed by atoms with van der Waals surface area (Å²) in [4.78, 5) is 2.32. The van der Waals surface area contributed by atoms with Crippen LogP contribution in [-0.2, 0) is 0 Å². The topological polar surface area (TPSA) is 29.3 Å². The van der Waals surface area contributed by atoms with Crippen molar-refractivity contribution in [3.8, 4) is 0 Å². The van der Waals surface area contributed by atoms with Crippen molar-refractivity contribution in [2.24, 2.45) is 5.73 Å². The lowest BCUT2D eigenvalue weighted by molar-refractivity contribution is 0.714. The SMILES string of the molecule is CCCCN(CCN)c1cc(Cl)ccc1C. The molecular formula is C13H21ClN2. The van der Waals surface area contributed by atoms with E-state index in [1.165, 1.54) is 24.1 Å². The van der Waals surface area contributed by atoms with E-state index in [-0.39, 0.29) is 0 Å². The van der Waals surface area contributed by atoms with Crippen molar-refractivity contribution in [2.75, 3.05) is 24.5 Å². The number of anilines is 1. The number of nitrogens with zero attached hydrogens (tertiary/aromatic N) is 1. The van der Waals surface area contributed by atoms with Gasteiger partial charge in [-0.3, -0.25) is 0 Å². The molecule has 3 heteroatoms. The molecule has 0 saturated heterocycles. The van der Waals surface area contributed by atoms with Gasteiger partial charge in [-0.05, 0) is 31.0 Å². The zero-order valence-corrected chi connectivity index (χ0v) is 10.9. The molecule has 0 spiro atoms. The van der Waals surface area contributed by atoms with Crippen LogP contribution in [0.4, 0.5) is 5.69 Å². The van der Waals surface area contributed by atoms with Crippen LogP contribution in [0.3, 0.4) is 0 Å². The quantitative estimate of drug-likeness (QED) is 0.828. The summed E-state index contributed by atoms with van der Waals surface area (Å²) < 4.78 is 0. The number of nitrogens with two attached hydrogens (primary N) is 1. The van der Waals surface area contributed by atoms with Gasteiger partial charge in [-0.1, -0.05) is 31.0 Å². The Morgan fingerprint density at radius 3 is 2.69 bits per heavy atom. The van der Waals surface area contributed by atoms with E-state index >= 15 is 0 Å². The Hall–Kier alpha value is -0.730. The van der Waals surface area contributed by atoms with E-state index < -0.39 is 0 Å². The maximum Gasteiger partial charge on any atom is 0.0426 e. The van der Waals surface area contributed by atoms with Gasteiger partial charge >= 0.3 is 0 Å². The molecule has 0 saturated carbocycles. The van der Waals surface area contributed by atoms with Crippen molar-refractivity contribution in [1.29, 1.82) is 0 Å². The van der Waals surface area contributed by atoms with E-state index in [2.05, 4.69) is 24.8 Å². The summed E-state index contributed by atoms with van der Waals surface area (Å²) >= 11 is 6.04. The van der Waals surface area contributed by atoms with Gasteiger partial charge in [0.2, 0.25) is 0 Å². The fourth-order valence-corrected chi connectivity index (χ4v) is 1.95. The Bertz CT molecular complexity index is 326. The normalized spacial score (nSPS) is 10.5. The molecule has 0 unspecified atom stereocenters. The van der Waals surface area contributed by atoms with Crippen LogP contribution >= 0.6 is 11.6 Å². The summed E-state index contributed by atoms with van der Waals surface area (Å²) in [6.45, 7) is 6.93. The van der Waals surface area contributed by atoms with E-state index in [1.807, 2.05) is 12.1 Å². The first-order valence-electron chi connectivity index (χ1n) is 5.90. The fraction of sp³-hybridized carbons (Fsp3) is 0.538. The van der Waals surface area contributed by atoms with Crippen LogP contribution in [0.25, 0.3) is 0 Å². The van der Waals surface area contributed by atoms with Crippen molar-refractivity contribution in [3.05, 3.63) is 28.8 Å². The van der Waals surface area contributed by atoms with E-state index in [1.54, 1.807) is 0 Å². The summed E-state index contributed by atoms with van der Waals surface area (Å²) in [5.41, 5.74) is 8.12. The second kappa shape index (κ2) is 6.77. The zero-order chi connectivity index (χ0) is 12.0. The number of hydrogen-bond donors (Lipinski definition) is 1. The largest absolute Gasteiger partial charge is 0.370 e. The lowest BCUT2D eigenvalue weighted by Crippen LogP contribution is -2.30. The molecule has 0 atom stereocenters. The van der Waals surface area contributed by atoms with Gasteiger partial charge in [0, 0.05) is 30.3 Å². The third-order valence-electron chi connectivity index (χ3n) is 2.69. The summed E-state index contributed by atoms with van der Waals surface area (Å²) in [7, 11) is 0. The summed E-state index contributed by atoms with van der Waals surface area (Å²) in [5, 5.41) is 0.791. The Kier molecular flexibility index (Phi) is 5.64. The molecule has 0 heterocycles. The van der Waals surface area contributed by atoms with Gasteiger partial charge in [0.05, 0.1) is 0 Å². The second-order valence-electron chi connectivity index (χ2n) is 4.06. The first-order valence-corrected chi connectivity index (χ1v) is 6.28. The molecule has 1 aromatic carbocycles. The zero-order valence-electron chi connectivity index (χ0n) is 10.2. The second-order valence-corrected chi connectivity index (χ2v) is 4.50. The average molecular weight is 241 g/mol. The highest BCUT2D eigenvalue weighted by atomic mass is 35.5. The van der Waals surface area contributed by atoms with Crippen LogP contribution in [0.15, 0.2) is 18.2 Å². The van der Waals surface area contributed by atoms with Gasteiger partial charge in [0.15, 0.2) is 0 Å². The van der Waals surface area contributed by atoms with Gasteiger partial charge in [0.1, 0.15) is 0 Å². The molecule has 1 aromatic rings. The highest BCUT2D eigenvalue weighted by molar-refractivity contribution is 6.30. The summed E-state index contributed by atoms with van der Waals surface area (Å²) in [6, 6.07) is 6.02. The number of aryl methyl sites for hydroxylation is 1. The lowest BCUT2D eigenvalue weighted by atomic mass is 10.1. The molecule has 0 fully saturated rings. The maximum atomic E-state index is 6.04. The minimum Gasteiger partial charge on any atom is -0.370 e. The standard InChI is InChI=1S/C13H21ClN2/c1-3-4-8-16(9-7-15)13-10-12(14)6-5-11(13)2/h5-6,10H,3-4,7-9,15H2,1-2H3. The predicted molar refractivity (Wildman–Crippen MR) is 72.4 cm³/mol. The highest BCUT2D eigenvalue weighted by Crippen LogP contribution is 2.24. The van der Waals surface area contributed by atoms with Crippen molar-refractivity contribution < 1.29 is 0 Å². The first-order chi connectivity index (χ1) is 7.69. The number of halogens is 1. The smallest absolute Gasteiger partial charge is 0.0426 e. The molecule has 16 heavy (non-hydrogen) atoms. The van der Waals surface area contributed by atoms with E-state index in [0.29, 0.717) is 6.54 Å². The molecule has 2 N–H and O–H groups in total. The maximum absolute atomic E-state index is 6.04. The lowest BCUT2D eigenvalue weighted by Gasteiger charge is -2.26. The molecular weight excluding hydrogens is 220 g/mol. The van der Waals surface area contributed by atoms with Crippen molar-refractivity contribution in [3.63, 3.8) is 0 Å². The van der Waals surface area contributed by atoms with Crippen LogP contribution in [0.1, 0.15) is 25.3 Å². The minimum atomic E-state index is 0.676. The molecule has 0 aliphatic heterocycles. The third kappa shape index (κ3) is 3.69. The molecule has 0 radical (unpaired) electrons. The molecule has 0 amide bonds. The molecule has 0 aromatic heterocycles. The van der Waals surface area contributed by atoms with Crippen LogP contribution in [0.2, 0.25) is 5.02 Å². The van der Waals surface area contributed by atoms with Crippen LogP contribution in [-0.4, -0.2) is 19.6 Å². The fourth-order valence-electron chi connectivity index (χ4n) is 1.78. The molecule has 2 nitrogen and oxygen atoms in total. The van der Waals surface area contributed by atoms with Crippen LogP contribution in [0, 0.1) is 6.92 Å². The average Bonchev–Trinajstić information content (AvgIpc) is 2.28. The van der Waals surface area contributed by atoms with Crippen LogP contribution in [0.5, 0.6) is 0 Å². The summed E-state index contributed by atoms with van der Waals surface area (Å²) in [5.74, 6) is 0. The Balaban J connectivity index is 2.85. The number of rotatable bonds is 6. The van der Waals surface area contributed by atoms with Crippen molar-refractivity contribution >= 4 is 17.3 Å². The van der Waals surface area contributed by atoms with Crippen molar-refractivity contribution in [2.45, 2.75) is 26.7 Å².